The summed E-state index contributed by atoms with van der Waals surface area (Å²) in [6, 6.07) is 6.82. The van der Waals surface area contributed by atoms with E-state index < -0.39 is 6.61 Å². The Labute approximate surface area is 124 Å². The average Bonchev–Trinajstić information content (AvgIpc) is 2.44. The summed E-state index contributed by atoms with van der Waals surface area (Å²) >= 11 is 0. The number of ether oxygens (including phenoxy) is 2. The minimum Gasteiger partial charge on any atom is -0.435 e. The van der Waals surface area contributed by atoms with Gasteiger partial charge in [0, 0.05) is 25.7 Å². The Balaban J connectivity index is 1.86. The summed E-state index contributed by atoms with van der Waals surface area (Å²) in [4.78, 5) is 2.23. The molecule has 1 fully saturated rings. The molecule has 1 aromatic rings. The molecule has 0 amide bonds. The summed E-state index contributed by atoms with van der Waals surface area (Å²) in [5.74, 6) is 0.185. The first-order valence-corrected chi connectivity index (χ1v) is 7.13. The van der Waals surface area contributed by atoms with Crippen molar-refractivity contribution in [3.63, 3.8) is 0 Å². The zero-order valence-electron chi connectivity index (χ0n) is 12.4. The van der Waals surface area contributed by atoms with Crippen LogP contribution in [0.1, 0.15) is 18.5 Å². The van der Waals surface area contributed by atoms with E-state index >= 15 is 0 Å². The topological polar surface area (TPSA) is 33.7 Å². The van der Waals surface area contributed by atoms with Gasteiger partial charge >= 0.3 is 6.61 Å². The van der Waals surface area contributed by atoms with E-state index in [0.717, 1.165) is 31.8 Å². The van der Waals surface area contributed by atoms with E-state index in [-0.39, 0.29) is 17.9 Å². The number of likely N-dealkylation sites (N-methyl/N-ethyl adjacent to an activating group) is 1. The molecule has 6 heteroatoms. The molecule has 1 heterocycles. The number of halogens is 2. The van der Waals surface area contributed by atoms with Crippen LogP contribution in [-0.4, -0.2) is 50.9 Å². The van der Waals surface area contributed by atoms with Crippen molar-refractivity contribution < 1.29 is 18.3 Å². The molecule has 2 atom stereocenters. The molecule has 21 heavy (non-hydrogen) atoms. The van der Waals surface area contributed by atoms with Crippen LogP contribution in [0.25, 0.3) is 0 Å². The highest BCUT2D eigenvalue weighted by atomic mass is 19.3. The summed E-state index contributed by atoms with van der Waals surface area (Å²) in [7, 11) is 2.07. The SMILES string of the molecule is CC(NCC1CN(C)CCO1)c1cccc(OC(F)F)c1. The van der Waals surface area contributed by atoms with Gasteiger partial charge in [0.05, 0.1) is 12.7 Å². The van der Waals surface area contributed by atoms with Gasteiger partial charge in [0.15, 0.2) is 0 Å². The molecule has 1 aromatic carbocycles. The van der Waals surface area contributed by atoms with Gasteiger partial charge in [-0.05, 0) is 31.7 Å². The lowest BCUT2D eigenvalue weighted by molar-refractivity contribution is -0.0499. The maximum Gasteiger partial charge on any atom is 0.387 e. The Kier molecular flexibility index (Phi) is 5.90. The van der Waals surface area contributed by atoms with Gasteiger partial charge in [-0.1, -0.05) is 12.1 Å². The predicted molar refractivity (Wildman–Crippen MR) is 76.7 cm³/mol. The van der Waals surface area contributed by atoms with Crippen LogP contribution in [0.5, 0.6) is 5.75 Å². The number of nitrogens with zero attached hydrogens (tertiary/aromatic N) is 1. The maximum absolute atomic E-state index is 12.2. The minimum atomic E-state index is -2.80. The Morgan fingerprint density at radius 3 is 3.00 bits per heavy atom. The predicted octanol–water partition coefficient (Wildman–Crippen LogP) is 2.27. The van der Waals surface area contributed by atoms with Crippen molar-refractivity contribution in [3.8, 4) is 5.75 Å². The number of nitrogens with one attached hydrogen (secondary N) is 1. The van der Waals surface area contributed by atoms with E-state index in [9.17, 15) is 8.78 Å². The van der Waals surface area contributed by atoms with Crippen LogP contribution in [0.4, 0.5) is 8.78 Å². The average molecular weight is 300 g/mol. The van der Waals surface area contributed by atoms with Gasteiger partial charge in [-0.3, -0.25) is 0 Å². The van der Waals surface area contributed by atoms with Crippen molar-refractivity contribution in [2.45, 2.75) is 25.7 Å². The van der Waals surface area contributed by atoms with Crippen LogP contribution in [0, 0.1) is 0 Å². The number of morpholine rings is 1. The molecule has 1 saturated heterocycles. The van der Waals surface area contributed by atoms with Gasteiger partial charge in [-0.25, -0.2) is 0 Å². The molecular formula is C15H22F2N2O2. The lowest BCUT2D eigenvalue weighted by atomic mass is 10.1. The van der Waals surface area contributed by atoms with Crippen molar-refractivity contribution in [1.29, 1.82) is 0 Å². The van der Waals surface area contributed by atoms with Crippen LogP contribution in [0.3, 0.4) is 0 Å². The molecule has 0 saturated carbocycles. The second-order valence-electron chi connectivity index (χ2n) is 5.34. The summed E-state index contributed by atoms with van der Waals surface area (Å²) in [5.41, 5.74) is 0.914. The van der Waals surface area contributed by atoms with Gasteiger partial charge in [-0.2, -0.15) is 8.78 Å². The van der Waals surface area contributed by atoms with E-state index in [0.29, 0.717) is 0 Å². The number of benzene rings is 1. The zero-order chi connectivity index (χ0) is 15.2. The lowest BCUT2D eigenvalue weighted by Crippen LogP contribution is -2.45. The summed E-state index contributed by atoms with van der Waals surface area (Å²) in [6.45, 7) is 2.52. The fraction of sp³-hybridized carbons (Fsp3) is 0.600. The van der Waals surface area contributed by atoms with Crippen molar-refractivity contribution in [1.82, 2.24) is 10.2 Å². The first kappa shape index (κ1) is 16.1. The highest BCUT2D eigenvalue weighted by Crippen LogP contribution is 2.20. The molecule has 0 aliphatic carbocycles. The maximum atomic E-state index is 12.2. The van der Waals surface area contributed by atoms with E-state index in [1.165, 1.54) is 6.07 Å². The number of alkyl halides is 2. The smallest absolute Gasteiger partial charge is 0.387 e. The first-order valence-electron chi connectivity index (χ1n) is 7.13. The quantitative estimate of drug-likeness (QED) is 0.874. The summed E-state index contributed by atoms with van der Waals surface area (Å²) in [6.07, 6.45) is 0.159. The Hall–Kier alpha value is -1.24. The molecule has 2 rings (SSSR count). The van der Waals surface area contributed by atoms with E-state index in [4.69, 9.17) is 4.74 Å². The normalized spacial score (nSPS) is 21.5. The molecule has 118 valence electrons. The van der Waals surface area contributed by atoms with Gasteiger partial charge < -0.3 is 19.7 Å². The standard InChI is InChI=1S/C15H22F2N2O2/c1-11(18-9-14-10-19(2)6-7-20-14)12-4-3-5-13(8-12)21-15(16)17/h3-5,8,11,14-15,18H,6-7,9-10H2,1-2H3. The van der Waals surface area contributed by atoms with Gasteiger partial charge in [0.2, 0.25) is 0 Å². The van der Waals surface area contributed by atoms with E-state index in [2.05, 4.69) is 22.0 Å². The molecular weight excluding hydrogens is 278 g/mol. The molecule has 1 aliphatic heterocycles. The zero-order valence-corrected chi connectivity index (χ0v) is 12.4. The van der Waals surface area contributed by atoms with Gasteiger partial charge in [0.25, 0.3) is 0 Å². The highest BCUT2D eigenvalue weighted by Gasteiger charge is 2.18. The molecule has 1 aliphatic rings. The van der Waals surface area contributed by atoms with Crippen molar-refractivity contribution in [3.05, 3.63) is 29.8 Å². The second-order valence-corrected chi connectivity index (χ2v) is 5.34. The van der Waals surface area contributed by atoms with Crippen molar-refractivity contribution in [2.75, 3.05) is 33.3 Å². The monoisotopic (exact) mass is 300 g/mol. The fourth-order valence-corrected chi connectivity index (χ4v) is 2.38. The third kappa shape index (κ3) is 5.22. The number of hydrogen-bond donors (Lipinski definition) is 1. The lowest BCUT2D eigenvalue weighted by Gasteiger charge is -2.31. The summed E-state index contributed by atoms with van der Waals surface area (Å²) in [5, 5.41) is 3.37. The largest absolute Gasteiger partial charge is 0.435 e. The fourth-order valence-electron chi connectivity index (χ4n) is 2.38. The second kappa shape index (κ2) is 7.68. The Morgan fingerprint density at radius 2 is 2.29 bits per heavy atom. The molecule has 0 bridgehead atoms. The third-order valence-corrected chi connectivity index (χ3v) is 3.58. The molecule has 4 nitrogen and oxygen atoms in total. The molecule has 1 N–H and O–H groups in total. The van der Waals surface area contributed by atoms with Crippen LogP contribution in [-0.2, 0) is 4.74 Å². The summed E-state index contributed by atoms with van der Waals surface area (Å²) < 4.78 is 34.5. The van der Waals surface area contributed by atoms with Crippen molar-refractivity contribution in [2.24, 2.45) is 0 Å². The molecule has 2 unspecified atom stereocenters. The van der Waals surface area contributed by atoms with Crippen LogP contribution in [0.2, 0.25) is 0 Å². The molecule has 0 radical (unpaired) electrons. The Morgan fingerprint density at radius 1 is 1.48 bits per heavy atom. The van der Waals surface area contributed by atoms with Crippen LogP contribution >= 0.6 is 0 Å². The van der Waals surface area contributed by atoms with Gasteiger partial charge in [0.1, 0.15) is 5.75 Å². The van der Waals surface area contributed by atoms with E-state index in [1.807, 2.05) is 13.0 Å². The minimum absolute atomic E-state index is 0.0436. The van der Waals surface area contributed by atoms with Crippen LogP contribution in [0.15, 0.2) is 24.3 Å². The van der Waals surface area contributed by atoms with Crippen LogP contribution < -0.4 is 10.1 Å². The third-order valence-electron chi connectivity index (χ3n) is 3.58. The molecule has 0 aromatic heterocycles. The highest BCUT2D eigenvalue weighted by molar-refractivity contribution is 5.30. The Bertz CT molecular complexity index is 445. The number of hydrogen-bond acceptors (Lipinski definition) is 4. The molecule has 0 spiro atoms. The van der Waals surface area contributed by atoms with E-state index in [1.54, 1.807) is 12.1 Å². The number of rotatable bonds is 6. The van der Waals surface area contributed by atoms with Gasteiger partial charge in [-0.15, -0.1) is 0 Å². The first-order chi connectivity index (χ1) is 10.0. The van der Waals surface area contributed by atoms with Crippen molar-refractivity contribution >= 4 is 0 Å².